The molecule has 0 unspecified atom stereocenters. The van der Waals surface area contributed by atoms with E-state index in [0.29, 0.717) is 17.7 Å². The van der Waals surface area contributed by atoms with Gasteiger partial charge in [0.2, 0.25) is 5.95 Å². The normalized spacial score (nSPS) is 10.8. The number of hydrogen-bond acceptors (Lipinski definition) is 4. The van der Waals surface area contributed by atoms with Crippen molar-refractivity contribution in [3.05, 3.63) is 71.7 Å². The van der Waals surface area contributed by atoms with Crippen LogP contribution in [0, 0.1) is 12.7 Å². The van der Waals surface area contributed by atoms with Crippen LogP contribution in [0.15, 0.2) is 54.7 Å². The number of benzene rings is 2. The topological polar surface area (TPSA) is 49.8 Å². The Hall–Kier alpha value is -2.95. The highest BCUT2D eigenvalue weighted by Crippen LogP contribution is 2.29. The van der Waals surface area contributed by atoms with Gasteiger partial charge in [-0.3, -0.25) is 0 Å². The van der Waals surface area contributed by atoms with Crippen molar-refractivity contribution in [2.45, 2.75) is 26.7 Å². The summed E-state index contributed by atoms with van der Waals surface area (Å²) in [4.78, 5) is 8.72. The van der Waals surface area contributed by atoms with Crippen molar-refractivity contribution in [2.75, 3.05) is 10.6 Å². The minimum Gasteiger partial charge on any atom is -0.340 e. The van der Waals surface area contributed by atoms with Crippen LogP contribution in [0.5, 0.6) is 0 Å². The standard InChI is InChI=1S/C20H21FN4/c1-13(2)17-6-4-5-14(3)19(17)24-18-11-12-22-20(25-18)23-16-9-7-15(21)8-10-16/h4-13H,1-3H3,(H2,22,23,24,25). The van der Waals surface area contributed by atoms with Gasteiger partial charge >= 0.3 is 0 Å². The fourth-order valence-electron chi connectivity index (χ4n) is 2.62. The van der Waals surface area contributed by atoms with Gasteiger partial charge in [0.25, 0.3) is 0 Å². The minimum atomic E-state index is -0.275. The van der Waals surface area contributed by atoms with E-state index in [-0.39, 0.29) is 5.82 Å². The summed E-state index contributed by atoms with van der Waals surface area (Å²) >= 11 is 0. The van der Waals surface area contributed by atoms with Crippen LogP contribution in [-0.4, -0.2) is 9.97 Å². The summed E-state index contributed by atoms with van der Waals surface area (Å²) in [7, 11) is 0. The van der Waals surface area contributed by atoms with Crippen molar-refractivity contribution < 1.29 is 4.39 Å². The van der Waals surface area contributed by atoms with E-state index in [4.69, 9.17) is 0 Å². The molecule has 0 saturated carbocycles. The highest BCUT2D eigenvalue weighted by Gasteiger charge is 2.10. The van der Waals surface area contributed by atoms with Crippen molar-refractivity contribution in [3.63, 3.8) is 0 Å². The Kier molecular flexibility index (Phi) is 4.93. The zero-order valence-corrected chi connectivity index (χ0v) is 14.5. The predicted octanol–water partition coefficient (Wildman–Crippen LogP) is 5.53. The molecule has 25 heavy (non-hydrogen) atoms. The molecule has 0 aliphatic rings. The molecular formula is C20H21FN4. The Morgan fingerprint density at radius 3 is 2.44 bits per heavy atom. The third-order valence-corrected chi connectivity index (χ3v) is 3.94. The molecule has 2 N–H and O–H groups in total. The van der Waals surface area contributed by atoms with E-state index in [9.17, 15) is 4.39 Å². The molecule has 0 radical (unpaired) electrons. The third-order valence-electron chi connectivity index (χ3n) is 3.94. The number of rotatable bonds is 5. The summed E-state index contributed by atoms with van der Waals surface area (Å²) in [6.07, 6.45) is 1.69. The number of halogens is 1. The summed E-state index contributed by atoms with van der Waals surface area (Å²) < 4.78 is 13.0. The van der Waals surface area contributed by atoms with Crippen molar-refractivity contribution in [1.29, 1.82) is 0 Å². The first-order valence-corrected chi connectivity index (χ1v) is 8.25. The van der Waals surface area contributed by atoms with Gasteiger partial charge in [-0.1, -0.05) is 32.0 Å². The van der Waals surface area contributed by atoms with Crippen molar-refractivity contribution >= 4 is 23.1 Å². The lowest BCUT2D eigenvalue weighted by Gasteiger charge is -2.17. The number of aromatic nitrogens is 2. The summed E-state index contributed by atoms with van der Waals surface area (Å²) in [5.41, 5.74) is 4.21. The zero-order valence-electron chi connectivity index (χ0n) is 14.5. The Balaban J connectivity index is 1.84. The van der Waals surface area contributed by atoms with Gasteiger partial charge in [0.05, 0.1) is 0 Å². The molecule has 5 heteroatoms. The van der Waals surface area contributed by atoms with Gasteiger partial charge in [0, 0.05) is 17.6 Å². The Morgan fingerprint density at radius 1 is 0.960 bits per heavy atom. The second-order valence-electron chi connectivity index (χ2n) is 6.22. The molecule has 0 fully saturated rings. The van der Waals surface area contributed by atoms with Crippen molar-refractivity contribution in [2.24, 2.45) is 0 Å². The van der Waals surface area contributed by atoms with Crippen LogP contribution in [-0.2, 0) is 0 Å². The average Bonchev–Trinajstić information content (AvgIpc) is 2.59. The van der Waals surface area contributed by atoms with E-state index in [1.807, 2.05) is 6.07 Å². The maximum Gasteiger partial charge on any atom is 0.229 e. The Morgan fingerprint density at radius 2 is 1.72 bits per heavy atom. The first-order chi connectivity index (χ1) is 12.0. The molecule has 0 atom stereocenters. The number of aryl methyl sites for hydroxylation is 1. The largest absolute Gasteiger partial charge is 0.340 e. The molecule has 3 aromatic rings. The van der Waals surface area contributed by atoms with E-state index >= 15 is 0 Å². The molecule has 0 amide bonds. The first kappa shape index (κ1) is 16.9. The SMILES string of the molecule is Cc1cccc(C(C)C)c1Nc1ccnc(Nc2ccc(F)cc2)n1. The lowest BCUT2D eigenvalue weighted by atomic mass is 9.98. The maximum absolute atomic E-state index is 13.0. The van der Waals surface area contributed by atoms with E-state index in [0.717, 1.165) is 16.9 Å². The van der Waals surface area contributed by atoms with Gasteiger partial charge in [-0.25, -0.2) is 9.37 Å². The average molecular weight is 336 g/mol. The summed E-state index contributed by atoms with van der Waals surface area (Å²) in [6, 6.07) is 14.2. The number of nitrogens with zero attached hydrogens (tertiary/aromatic N) is 2. The molecule has 4 nitrogen and oxygen atoms in total. The molecule has 0 saturated heterocycles. The van der Waals surface area contributed by atoms with Crippen LogP contribution in [0.1, 0.15) is 30.9 Å². The second kappa shape index (κ2) is 7.30. The Labute approximate surface area is 147 Å². The summed E-state index contributed by atoms with van der Waals surface area (Å²) in [5, 5.41) is 6.49. The summed E-state index contributed by atoms with van der Waals surface area (Å²) in [5.74, 6) is 1.29. The van der Waals surface area contributed by atoms with Crippen LogP contribution in [0.25, 0.3) is 0 Å². The van der Waals surface area contributed by atoms with E-state index < -0.39 is 0 Å². The first-order valence-electron chi connectivity index (χ1n) is 8.25. The molecule has 128 valence electrons. The molecular weight excluding hydrogens is 315 g/mol. The molecule has 1 aromatic heterocycles. The van der Waals surface area contributed by atoms with Gasteiger partial charge in [0.1, 0.15) is 11.6 Å². The number of para-hydroxylation sites is 1. The molecule has 2 aromatic carbocycles. The van der Waals surface area contributed by atoms with Gasteiger partial charge in [0.15, 0.2) is 0 Å². The molecule has 1 heterocycles. The third kappa shape index (κ3) is 4.12. The highest BCUT2D eigenvalue weighted by molar-refractivity contribution is 5.66. The van der Waals surface area contributed by atoms with Gasteiger partial charge in [-0.05, 0) is 54.3 Å². The van der Waals surface area contributed by atoms with Crippen molar-refractivity contribution in [3.8, 4) is 0 Å². The van der Waals surface area contributed by atoms with Crippen LogP contribution in [0.4, 0.5) is 27.5 Å². The molecule has 0 aliphatic heterocycles. The fourth-order valence-corrected chi connectivity index (χ4v) is 2.62. The fraction of sp³-hybridized carbons (Fsp3) is 0.200. The number of hydrogen-bond donors (Lipinski definition) is 2. The van der Waals surface area contributed by atoms with Gasteiger partial charge < -0.3 is 10.6 Å². The lowest BCUT2D eigenvalue weighted by Crippen LogP contribution is -2.04. The van der Waals surface area contributed by atoms with Crippen molar-refractivity contribution in [1.82, 2.24) is 9.97 Å². The van der Waals surface area contributed by atoms with Gasteiger partial charge in [-0.2, -0.15) is 4.98 Å². The predicted molar refractivity (Wildman–Crippen MR) is 100 cm³/mol. The monoisotopic (exact) mass is 336 g/mol. The molecule has 0 bridgehead atoms. The van der Waals surface area contributed by atoms with Crippen LogP contribution in [0.3, 0.4) is 0 Å². The molecule has 0 aliphatic carbocycles. The van der Waals surface area contributed by atoms with E-state index in [1.165, 1.54) is 17.7 Å². The number of anilines is 4. The van der Waals surface area contributed by atoms with Gasteiger partial charge in [-0.15, -0.1) is 0 Å². The van der Waals surface area contributed by atoms with E-state index in [1.54, 1.807) is 18.3 Å². The number of nitrogens with one attached hydrogen (secondary N) is 2. The molecule has 3 rings (SSSR count). The quantitative estimate of drug-likeness (QED) is 0.643. The van der Waals surface area contributed by atoms with Crippen LogP contribution in [0.2, 0.25) is 0 Å². The second-order valence-corrected chi connectivity index (χ2v) is 6.22. The lowest BCUT2D eigenvalue weighted by molar-refractivity contribution is 0.628. The van der Waals surface area contributed by atoms with E-state index in [2.05, 4.69) is 59.6 Å². The molecule has 0 spiro atoms. The maximum atomic E-state index is 13.0. The highest BCUT2D eigenvalue weighted by atomic mass is 19.1. The smallest absolute Gasteiger partial charge is 0.229 e. The minimum absolute atomic E-state index is 0.275. The summed E-state index contributed by atoms with van der Waals surface area (Å²) in [6.45, 7) is 6.41. The van der Waals surface area contributed by atoms with Crippen LogP contribution < -0.4 is 10.6 Å². The Bertz CT molecular complexity index is 860. The van der Waals surface area contributed by atoms with Crippen LogP contribution >= 0.6 is 0 Å². The zero-order chi connectivity index (χ0) is 17.8.